The summed E-state index contributed by atoms with van der Waals surface area (Å²) in [5.41, 5.74) is 2.70. The number of rotatable bonds is 2. The van der Waals surface area contributed by atoms with E-state index in [0.717, 1.165) is 24.5 Å². The minimum atomic E-state index is 0.293. The Morgan fingerprint density at radius 1 is 1.50 bits per heavy atom. The summed E-state index contributed by atoms with van der Waals surface area (Å²) in [7, 11) is 0. The first-order chi connectivity index (χ1) is 6.81. The van der Waals surface area contributed by atoms with Crippen molar-refractivity contribution in [2.45, 2.75) is 32.3 Å². The second kappa shape index (κ2) is 4.33. The molecule has 1 nitrogen and oxygen atoms in total. The Hall–Kier alpha value is -0.530. The van der Waals surface area contributed by atoms with Crippen molar-refractivity contribution in [2.75, 3.05) is 6.61 Å². The molecule has 0 amide bonds. The molecule has 0 aromatic heterocycles. The molecule has 0 radical (unpaired) electrons. The highest BCUT2D eigenvalue weighted by atomic mass is 35.5. The summed E-state index contributed by atoms with van der Waals surface area (Å²) in [5, 5.41) is 0.834. The summed E-state index contributed by atoms with van der Waals surface area (Å²) < 4.78 is 5.71. The molecule has 1 aliphatic carbocycles. The van der Waals surface area contributed by atoms with Gasteiger partial charge >= 0.3 is 0 Å². The van der Waals surface area contributed by atoms with E-state index >= 15 is 0 Å². The quantitative estimate of drug-likeness (QED) is 0.723. The summed E-state index contributed by atoms with van der Waals surface area (Å²) in [6.07, 6.45) is 3.78. The highest BCUT2D eigenvalue weighted by Gasteiger charge is 2.19. The van der Waals surface area contributed by atoms with Gasteiger partial charge in [0.25, 0.3) is 0 Å². The van der Waals surface area contributed by atoms with Crippen molar-refractivity contribution >= 4 is 11.6 Å². The third-order valence-electron chi connectivity index (χ3n) is 2.73. The zero-order chi connectivity index (χ0) is 9.97. The van der Waals surface area contributed by atoms with Crippen molar-refractivity contribution in [2.24, 2.45) is 0 Å². The lowest BCUT2D eigenvalue weighted by molar-refractivity contribution is 0.0500. The number of fused-ring (bicyclic) bond motifs is 1. The first-order valence-electron chi connectivity index (χ1n) is 5.21. The molecule has 14 heavy (non-hydrogen) atoms. The summed E-state index contributed by atoms with van der Waals surface area (Å²) in [6, 6.07) is 6.14. The minimum Gasteiger partial charge on any atom is -0.374 e. The molecule has 0 N–H and O–H groups in total. The topological polar surface area (TPSA) is 9.23 Å². The largest absolute Gasteiger partial charge is 0.374 e. The van der Waals surface area contributed by atoms with Gasteiger partial charge in [0.15, 0.2) is 0 Å². The normalized spacial score (nSPS) is 20.6. The van der Waals surface area contributed by atoms with Crippen molar-refractivity contribution < 1.29 is 4.74 Å². The molecule has 1 unspecified atom stereocenters. The van der Waals surface area contributed by atoms with Crippen LogP contribution in [0, 0.1) is 0 Å². The highest BCUT2D eigenvalue weighted by molar-refractivity contribution is 6.30. The van der Waals surface area contributed by atoms with Crippen LogP contribution in [0.1, 0.15) is 37.0 Å². The first-order valence-corrected chi connectivity index (χ1v) is 5.59. The van der Waals surface area contributed by atoms with Crippen LogP contribution in [0.15, 0.2) is 18.2 Å². The maximum Gasteiger partial charge on any atom is 0.0827 e. The van der Waals surface area contributed by atoms with Gasteiger partial charge in [-0.15, -0.1) is 0 Å². The number of halogens is 1. The van der Waals surface area contributed by atoms with Crippen LogP contribution < -0.4 is 0 Å². The number of benzene rings is 1. The van der Waals surface area contributed by atoms with Crippen molar-refractivity contribution in [3.8, 4) is 0 Å². The number of hydrogen-bond acceptors (Lipinski definition) is 1. The SMILES string of the molecule is CCOC1CCCc2cc(Cl)ccc21. The van der Waals surface area contributed by atoms with Crippen LogP contribution in [0.3, 0.4) is 0 Å². The molecule has 2 heteroatoms. The molecule has 0 aliphatic heterocycles. The van der Waals surface area contributed by atoms with E-state index in [1.54, 1.807) is 0 Å². The monoisotopic (exact) mass is 210 g/mol. The number of ether oxygens (including phenoxy) is 1. The Bertz CT molecular complexity index is 322. The second-order valence-electron chi connectivity index (χ2n) is 3.68. The van der Waals surface area contributed by atoms with Crippen LogP contribution >= 0.6 is 11.6 Å². The summed E-state index contributed by atoms with van der Waals surface area (Å²) in [4.78, 5) is 0. The van der Waals surface area contributed by atoms with Gasteiger partial charge in [0.1, 0.15) is 0 Å². The Labute approximate surface area is 90.0 Å². The molecule has 1 aromatic rings. The Kier molecular flexibility index (Phi) is 3.09. The zero-order valence-electron chi connectivity index (χ0n) is 8.42. The fraction of sp³-hybridized carbons (Fsp3) is 0.500. The van der Waals surface area contributed by atoms with E-state index in [1.807, 2.05) is 13.0 Å². The summed E-state index contributed by atoms with van der Waals surface area (Å²) >= 11 is 5.96. The predicted molar refractivity (Wildman–Crippen MR) is 58.8 cm³/mol. The smallest absolute Gasteiger partial charge is 0.0827 e. The Morgan fingerprint density at radius 3 is 3.14 bits per heavy atom. The Balaban J connectivity index is 2.30. The molecule has 0 heterocycles. The lowest BCUT2D eigenvalue weighted by Gasteiger charge is -2.25. The fourth-order valence-corrected chi connectivity index (χ4v) is 2.31. The fourth-order valence-electron chi connectivity index (χ4n) is 2.11. The Morgan fingerprint density at radius 2 is 2.36 bits per heavy atom. The molecule has 2 rings (SSSR count). The minimum absolute atomic E-state index is 0.293. The van der Waals surface area contributed by atoms with Gasteiger partial charge < -0.3 is 4.74 Å². The van der Waals surface area contributed by atoms with Crippen molar-refractivity contribution in [3.05, 3.63) is 34.3 Å². The van der Waals surface area contributed by atoms with Gasteiger partial charge in [-0.1, -0.05) is 17.7 Å². The van der Waals surface area contributed by atoms with Gasteiger partial charge in [-0.05, 0) is 49.4 Å². The molecule has 0 fully saturated rings. The molecule has 0 spiro atoms. The molecule has 0 bridgehead atoms. The zero-order valence-corrected chi connectivity index (χ0v) is 9.18. The predicted octanol–water partition coefficient (Wildman–Crippen LogP) is 3.75. The third-order valence-corrected chi connectivity index (χ3v) is 2.97. The molecule has 76 valence electrons. The highest BCUT2D eigenvalue weighted by Crippen LogP contribution is 2.33. The first kappa shape index (κ1) is 10.0. The average Bonchev–Trinajstić information content (AvgIpc) is 2.18. The molecule has 0 saturated heterocycles. The maximum atomic E-state index is 5.96. The third kappa shape index (κ3) is 1.94. The van der Waals surface area contributed by atoms with E-state index in [0.29, 0.717) is 6.10 Å². The molecule has 1 aliphatic rings. The van der Waals surface area contributed by atoms with E-state index < -0.39 is 0 Å². The molecule has 1 atom stereocenters. The van der Waals surface area contributed by atoms with Gasteiger partial charge in [-0.25, -0.2) is 0 Å². The number of aryl methyl sites for hydroxylation is 1. The molecule has 0 saturated carbocycles. The number of hydrogen-bond donors (Lipinski definition) is 0. The molecular formula is C12H15ClO. The van der Waals surface area contributed by atoms with E-state index in [-0.39, 0.29) is 0 Å². The lowest BCUT2D eigenvalue weighted by atomic mass is 9.89. The maximum absolute atomic E-state index is 5.96. The van der Waals surface area contributed by atoms with Crippen molar-refractivity contribution in [1.29, 1.82) is 0 Å². The van der Waals surface area contributed by atoms with E-state index in [2.05, 4.69) is 12.1 Å². The van der Waals surface area contributed by atoms with Gasteiger partial charge in [0.05, 0.1) is 6.10 Å². The van der Waals surface area contributed by atoms with Crippen LogP contribution in [0.5, 0.6) is 0 Å². The van der Waals surface area contributed by atoms with Crippen LogP contribution in [0.2, 0.25) is 5.02 Å². The van der Waals surface area contributed by atoms with Crippen LogP contribution in [0.25, 0.3) is 0 Å². The van der Waals surface area contributed by atoms with Crippen LogP contribution in [0.4, 0.5) is 0 Å². The summed E-state index contributed by atoms with van der Waals surface area (Å²) in [6.45, 7) is 2.83. The van der Waals surface area contributed by atoms with Crippen LogP contribution in [-0.4, -0.2) is 6.61 Å². The van der Waals surface area contributed by atoms with Gasteiger partial charge in [0.2, 0.25) is 0 Å². The lowest BCUT2D eigenvalue weighted by Crippen LogP contribution is -2.12. The molecular weight excluding hydrogens is 196 g/mol. The molecule has 1 aromatic carbocycles. The van der Waals surface area contributed by atoms with Crippen molar-refractivity contribution in [3.63, 3.8) is 0 Å². The van der Waals surface area contributed by atoms with E-state index in [4.69, 9.17) is 16.3 Å². The average molecular weight is 211 g/mol. The van der Waals surface area contributed by atoms with Gasteiger partial charge in [0, 0.05) is 11.6 Å². The van der Waals surface area contributed by atoms with E-state index in [9.17, 15) is 0 Å². The summed E-state index contributed by atoms with van der Waals surface area (Å²) in [5.74, 6) is 0. The second-order valence-corrected chi connectivity index (χ2v) is 4.12. The van der Waals surface area contributed by atoms with Gasteiger partial charge in [-0.3, -0.25) is 0 Å². The van der Waals surface area contributed by atoms with Crippen molar-refractivity contribution in [1.82, 2.24) is 0 Å². The van der Waals surface area contributed by atoms with Gasteiger partial charge in [-0.2, -0.15) is 0 Å². The van der Waals surface area contributed by atoms with Crippen LogP contribution in [-0.2, 0) is 11.2 Å². The standard InChI is InChI=1S/C12H15ClO/c1-2-14-12-5-3-4-9-8-10(13)6-7-11(9)12/h6-8,12H,2-5H2,1H3. The van der Waals surface area contributed by atoms with E-state index in [1.165, 1.54) is 17.5 Å².